The molecular formula is C11H9NO2S. The van der Waals surface area contributed by atoms with Crippen LogP contribution in [-0.4, -0.2) is 11.0 Å². The number of hydrogen-bond acceptors (Lipinski definition) is 3. The van der Waals surface area contributed by atoms with Crippen molar-refractivity contribution in [1.29, 1.82) is 0 Å². The first-order valence-electron chi connectivity index (χ1n) is 4.39. The lowest BCUT2D eigenvalue weighted by molar-refractivity contribution is 0.103. The summed E-state index contributed by atoms with van der Waals surface area (Å²) in [6.07, 6.45) is 0. The van der Waals surface area contributed by atoms with E-state index in [2.05, 4.69) is 5.32 Å². The molecule has 3 nitrogen and oxygen atoms in total. The second-order valence-electron chi connectivity index (χ2n) is 2.99. The minimum atomic E-state index is -0.202. The van der Waals surface area contributed by atoms with Crippen molar-refractivity contribution >= 4 is 22.9 Å². The van der Waals surface area contributed by atoms with E-state index in [9.17, 15) is 4.79 Å². The normalized spacial score (nSPS) is 9.87. The van der Waals surface area contributed by atoms with Crippen LogP contribution in [0.1, 0.15) is 9.67 Å². The topological polar surface area (TPSA) is 49.3 Å². The molecule has 2 aromatic rings. The summed E-state index contributed by atoms with van der Waals surface area (Å²) in [5.74, 6) is -0.0790. The fraction of sp³-hybridized carbons (Fsp3) is 0. The largest absolute Gasteiger partial charge is 0.507 e. The van der Waals surface area contributed by atoms with Gasteiger partial charge < -0.3 is 10.4 Å². The fourth-order valence-electron chi connectivity index (χ4n) is 1.16. The summed E-state index contributed by atoms with van der Waals surface area (Å²) in [6, 6.07) is 10.6. The van der Waals surface area contributed by atoms with Crippen LogP contribution >= 0.6 is 11.3 Å². The van der Waals surface area contributed by atoms with E-state index in [-0.39, 0.29) is 11.7 Å². The number of rotatable bonds is 2. The third-order valence-corrected chi connectivity index (χ3v) is 2.76. The van der Waals surface area contributed by atoms with Crippen molar-refractivity contribution in [1.82, 2.24) is 0 Å². The van der Waals surface area contributed by atoms with Gasteiger partial charge in [-0.25, -0.2) is 0 Å². The molecule has 0 aliphatic heterocycles. The van der Waals surface area contributed by atoms with Crippen LogP contribution < -0.4 is 5.32 Å². The number of aromatic hydroxyl groups is 1. The molecule has 0 unspecified atom stereocenters. The van der Waals surface area contributed by atoms with Crippen LogP contribution in [0.25, 0.3) is 0 Å². The van der Waals surface area contributed by atoms with Crippen LogP contribution in [0.3, 0.4) is 0 Å². The molecule has 0 saturated carbocycles. The summed E-state index contributed by atoms with van der Waals surface area (Å²) in [6.45, 7) is 0. The molecule has 1 aromatic carbocycles. The van der Waals surface area contributed by atoms with Gasteiger partial charge in [-0.05, 0) is 12.1 Å². The van der Waals surface area contributed by atoms with E-state index in [0.29, 0.717) is 4.88 Å². The third-order valence-electron chi connectivity index (χ3n) is 1.84. The Bertz CT molecular complexity index is 464. The highest BCUT2D eigenvalue weighted by Crippen LogP contribution is 2.20. The Balaban J connectivity index is 2.11. The van der Waals surface area contributed by atoms with Crippen LogP contribution in [-0.2, 0) is 0 Å². The molecule has 0 aliphatic rings. The van der Waals surface area contributed by atoms with Gasteiger partial charge in [0, 0.05) is 17.1 Å². The molecule has 2 N–H and O–H groups in total. The molecule has 0 bridgehead atoms. The Morgan fingerprint density at radius 3 is 2.60 bits per heavy atom. The van der Waals surface area contributed by atoms with Gasteiger partial charge >= 0.3 is 0 Å². The molecule has 0 atom stereocenters. The van der Waals surface area contributed by atoms with E-state index in [1.54, 1.807) is 0 Å². The van der Waals surface area contributed by atoms with Crippen molar-refractivity contribution in [3.05, 3.63) is 46.7 Å². The van der Waals surface area contributed by atoms with Gasteiger partial charge in [0.2, 0.25) is 0 Å². The summed E-state index contributed by atoms with van der Waals surface area (Å²) < 4.78 is 0. The van der Waals surface area contributed by atoms with Crippen LogP contribution in [0, 0.1) is 0 Å². The summed E-state index contributed by atoms with van der Waals surface area (Å²) >= 11 is 1.21. The Morgan fingerprint density at radius 2 is 2.00 bits per heavy atom. The van der Waals surface area contributed by atoms with E-state index in [0.717, 1.165) is 5.69 Å². The second kappa shape index (κ2) is 4.14. The Morgan fingerprint density at radius 1 is 1.27 bits per heavy atom. The average Bonchev–Trinajstić information content (AvgIpc) is 2.66. The molecule has 2 rings (SSSR count). The maximum Gasteiger partial charge on any atom is 0.265 e. The number of nitrogens with one attached hydrogen (secondary N) is 1. The number of anilines is 1. The highest BCUT2D eigenvalue weighted by Gasteiger charge is 2.08. The SMILES string of the molecule is O=C(Nc1ccccc1)c1cc(O)cs1. The van der Waals surface area contributed by atoms with Crippen LogP contribution in [0.15, 0.2) is 41.8 Å². The van der Waals surface area contributed by atoms with E-state index < -0.39 is 0 Å². The molecule has 0 saturated heterocycles. The first kappa shape index (κ1) is 9.73. The van der Waals surface area contributed by atoms with E-state index >= 15 is 0 Å². The number of benzene rings is 1. The Labute approximate surface area is 91.0 Å². The fourth-order valence-corrected chi connectivity index (χ4v) is 1.82. The first-order valence-corrected chi connectivity index (χ1v) is 5.27. The van der Waals surface area contributed by atoms with Crippen molar-refractivity contribution in [2.75, 3.05) is 5.32 Å². The monoisotopic (exact) mass is 219 g/mol. The third kappa shape index (κ3) is 2.35. The number of amides is 1. The van der Waals surface area contributed by atoms with Gasteiger partial charge in [-0.1, -0.05) is 18.2 Å². The lowest BCUT2D eigenvalue weighted by Crippen LogP contribution is -2.09. The number of carbonyl (C=O) groups is 1. The zero-order chi connectivity index (χ0) is 10.7. The second-order valence-corrected chi connectivity index (χ2v) is 3.90. The van der Waals surface area contributed by atoms with Crippen molar-refractivity contribution in [2.24, 2.45) is 0 Å². The van der Waals surface area contributed by atoms with Gasteiger partial charge in [0.25, 0.3) is 5.91 Å². The standard InChI is InChI=1S/C11H9NO2S/c13-9-6-10(15-7-9)11(14)12-8-4-2-1-3-5-8/h1-7,13H,(H,12,14). The van der Waals surface area contributed by atoms with Gasteiger partial charge in [-0.3, -0.25) is 4.79 Å². The van der Waals surface area contributed by atoms with E-state index in [1.807, 2.05) is 30.3 Å². The Kier molecular flexibility index (Phi) is 2.69. The molecule has 15 heavy (non-hydrogen) atoms. The van der Waals surface area contributed by atoms with Crippen LogP contribution in [0.5, 0.6) is 5.75 Å². The summed E-state index contributed by atoms with van der Waals surface area (Å²) in [5.41, 5.74) is 0.746. The first-order chi connectivity index (χ1) is 7.25. The highest BCUT2D eigenvalue weighted by atomic mass is 32.1. The number of thiophene rings is 1. The highest BCUT2D eigenvalue weighted by molar-refractivity contribution is 7.12. The molecule has 1 aromatic heterocycles. The minimum absolute atomic E-state index is 0.123. The summed E-state index contributed by atoms with van der Waals surface area (Å²) in [4.78, 5) is 12.1. The number of hydrogen-bond donors (Lipinski definition) is 2. The van der Waals surface area contributed by atoms with Crippen molar-refractivity contribution < 1.29 is 9.90 Å². The van der Waals surface area contributed by atoms with Gasteiger partial charge in [0.1, 0.15) is 5.75 Å². The zero-order valence-corrected chi connectivity index (χ0v) is 8.62. The van der Waals surface area contributed by atoms with Gasteiger partial charge in [-0.2, -0.15) is 0 Å². The molecule has 76 valence electrons. The average molecular weight is 219 g/mol. The van der Waals surface area contributed by atoms with Crippen molar-refractivity contribution in [2.45, 2.75) is 0 Å². The van der Waals surface area contributed by atoms with Gasteiger partial charge in [-0.15, -0.1) is 11.3 Å². The molecule has 0 spiro atoms. The molecule has 1 amide bonds. The van der Waals surface area contributed by atoms with E-state index in [4.69, 9.17) is 5.11 Å². The van der Waals surface area contributed by atoms with Crippen LogP contribution in [0.2, 0.25) is 0 Å². The lowest BCUT2D eigenvalue weighted by Gasteiger charge is -2.01. The maximum absolute atomic E-state index is 11.6. The van der Waals surface area contributed by atoms with Crippen LogP contribution in [0.4, 0.5) is 5.69 Å². The number of carbonyl (C=O) groups excluding carboxylic acids is 1. The summed E-state index contributed by atoms with van der Waals surface area (Å²) in [7, 11) is 0. The zero-order valence-electron chi connectivity index (χ0n) is 7.81. The maximum atomic E-state index is 11.6. The van der Waals surface area contributed by atoms with Gasteiger partial charge in [0.15, 0.2) is 0 Å². The predicted octanol–water partition coefficient (Wildman–Crippen LogP) is 2.71. The quantitative estimate of drug-likeness (QED) is 0.815. The molecular weight excluding hydrogens is 210 g/mol. The van der Waals surface area contributed by atoms with Crippen molar-refractivity contribution in [3.63, 3.8) is 0 Å². The molecule has 1 heterocycles. The minimum Gasteiger partial charge on any atom is -0.507 e. The Hall–Kier alpha value is -1.81. The summed E-state index contributed by atoms with van der Waals surface area (Å²) in [5, 5.41) is 13.4. The molecule has 0 fully saturated rings. The predicted molar refractivity (Wildman–Crippen MR) is 60.4 cm³/mol. The lowest BCUT2D eigenvalue weighted by atomic mass is 10.3. The smallest absolute Gasteiger partial charge is 0.265 e. The van der Waals surface area contributed by atoms with E-state index in [1.165, 1.54) is 22.8 Å². The number of para-hydroxylation sites is 1. The van der Waals surface area contributed by atoms with Crippen molar-refractivity contribution in [3.8, 4) is 5.75 Å². The molecule has 4 heteroatoms. The van der Waals surface area contributed by atoms with Gasteiger partial charge in [0.05, 0.1) is 4.88 Å². The molecule has 0 aliphatic carbocycles. The molecule has 0 radical (unpaired) electrons.